The van der Waals surface area contributed by atoms with Crippen LogP contribution in [0.5, 0.6) is 0 Å². The number of nitrogens with one attached hydrogen (secondary N) is 1. The molecule has 0 saturated carbocycles. The molecule has 0 aliphatic heterocycles. The molecule has 2 aromatic carbocycles. The summed E-state index contributed by atoms with van der Waals surface area (Å²) in [6, 6.07) is 15.5. The lowest BCUT2D eigenvalue weighted by Crippen LogP contribution is -2.35. The van der Waals surface area contributed by atoms with Gasteiger partial charge >= 0.3 is 12.0 Å². The quantitative estimate of drug-likeness (QED) is 0.678. The Morgan fingerprint density at radius 1 is 1.16 bits per heavy atom. The minimum atomic E-state index is -0.245. The number of urea groups is 1. The largest absolute Gasteiger partial charge is 0.423 e. The lowest BCUT2D eigenvalue weighted by atomic mass is 10.0. The summed E-state index contributed by atoms with van der Waals surface area (Å²) in [5.74, 6) is 0.459. The summed E-state index contributed by atoms with van der Waals surface area (Å²) >= 11 is 0. The molecule has 0 atom stereocenters. The van der Waals surface area contributed by atoms with Crippen LogP contribution in [-0.4, -0.2) is 17.6 Å². The van der Waals surface area contributed by atoms with Gasteiger partial charge in [0.2, 0.25) is 0 Å². The molecule has 0 aliphatic carbocycles. The maximum atomic E-state index is 12.7. The van der Waals surface area contributed by atoms with Crippen molar-refractivity contribution in [3.05, 3.63) is 54.1 Å². The number of hydrogen-bond donors (Lipinski definition) is 1. The van der Waals surface area contributed by atoms with Gasteiger partial charge in [0.25, 0.3) is 0 Å². The van der Waals surface area contributed by atoms with Crippen LogP contribution in [0.15, 0.2) is 52.9 Å². The average molecular weight is 337 g/mol. The highest BCUT2D eigenvalue weighted by atomic mass is 16.4. The number of aromatic nitrogens is 1. The number of amides is 2. The van der Waals surface area contributed by atoms with Crippen LogP contribution in [0.1, 0.15) is 38.7 Å². The molecule has 25 heavy (non-hydrogen) atoms. The molecule has 0 saturated heterocycles. The van der Waals surface area contributed by atoms with Gasteiger partial charge in [-0.15, -0.1) is 0 Å². The average Bonchev–Trinajstić information content (AvgIpc) is 3.03. The molecule has 0 spiro atoms. The van der Waals surface area contributed by atoms with Crippen LogP contribution >= 0.6 is 0 Å². The van der Waals surface area contributed by atoms with Crippen molar-refractivity contribution < 1.29 is 9.21 Å². The molecule has 0 unspecified atom stereocenters. The molecule has 0 bridgehead atoms. The van der Waals surface area contributed by atoms with Crippen molar-refractivity contribution in [2.24, 2.45) is 0 Å². The Morgan fingerprint density at radius 3 is 2.52 bits per heavy atom. The molecular weight excluding hydrogens is 314 g/mol. The molecule has 0 aliphatic rings. The molecule has 2 amide bonds. The lowest BCUT2D eigenvalue weighted by molar-refractivity contribution is 0.255. The van der Waals surface area contributed by atoms with E-state index in [0.717, 1.165) is 17.6 Å². The van der Waals surface area contributed by atoms with Crippen LogP contribution in [-0.2, 0) is 0 Å². The Morgan fingerprint density at radius 2 is 1.88 bits per heavy atom. The van der Waals surface area contributed by atoms with Crippen molar-refractivity contribution in [1.29, 1.82) is 0 Å². The second kappa shape index (κ2) is 7.38. The van der Waals surface area contributed by atoms with Gasteiger partial charge in [-0.25, -0.2) is 9.69 Å². The Kier molecular flexibility index (Phi) is 5.03. The molecule has 1 aromatic heterocycles. The molecular formula is C20H23N3O2. The molecule has 3 rings (SSSR count). The van der Waals surface area contributed by atoms with Crippen molar-refractivity contribution in [1.82, 2.24) is 4.98 Å². The molecule has 0 radical (unpaired) electrons. The second-order valence-electron chi connectivity index (χ2n) is 6.32. The molecule has 5 nitrogen and oxygen atoms in total. The van der Waals surface area contributed by atoms with Gasteiger partial charge in [0.05, 0.1) is 0 Å². The first-order valence-electron chi connectivity index (χ1n) is 8.62. The maximum Gasteiger partial charge on any atom is 0.329 e. The zero-order chi connectivity index (χ0) is 17.8. The molecule has 130 valence electrons. The number of nitrogens with zero attached hydrogens (tertiary/aromatic N) is 2. The van der Waals surface area contributed by atoms with Crippen molar-refractivity contribution >= 4 is 28.8 Å². The highest BCUT2D eigenvalue weighted by Gasteiger charge is 2.20. The smallest absolute Gasteiger partial charge is 0.329 e. The Hall–Kier alpha value is -2.82. The maximum absolute atomic E-state index is 12.7. The summed E-state index contributed by atoms with van der Waals surface area (Å²) in [5.41, 5.74) is 3.41. The third-order valence-corrected chi connectivity index (χ3v) is 4.03. The molecule has 1 N–H and O–H groups in total. The summed E-state index contributed by atoms with van der Waals surface area (Å²) in [6.07, 6.45) is 0.804. The predicted molar refractivity (Wildman–Crippen MR) is 101 cm³/mol. The van der Waals surface area contributed by atoms with Crippen LogP contribution in [0.25, 0.3) is 11.1 Å². The van der Waals surface area contributed by atoms with Crippen LogP contribution in [0, 0.1) is 0 Å². The van der Waals surface area contributed by atoms with E-state index in [2.05, 4.69) is 24.1 Å². The van der Waals surface area contributed by atoms with E-state index in [1.807, 2.05) is 55.5 Å². The van der Waals surface area contributed by atoms with E-state index in [-0.39, 0.29) is 6.03 Å². The van der Waals surface area contributed by atoms with Gasteiger partial charge in [0.15, 0.2) is 5.58 Å². The highest BCUT2D eigenvalue weighted by Crippen LogP contribution is 2.23. The number of fused-ring (bicyclic) bond motifs is 1. The number of para-hydroxylation sites is 2. The van der Waals surface area contributed by atoms with E-state index >= 15 is 0 Å². The van der Waals surface area contributed by atoms with Gasteiger partial charge in [-0.2, -0.15) is 4.98 Å². The predicted octanol–water partition coefficient (Wildman–Crippen LogP) is 5.40. The standard InChI is InChI=1S/C20H23N3O2/c1-4-13-23(20-22-17-7-5-6-8-18(17)25-20)19(24)21-16-11-9-15(10-12-16)14(2)3/h5-12,14H,4,13H2,1-3H3,(H,21,24). The van der Waals surface area contributed by atoms with Gasteiger partial charge in [0.1, 0.15) is 5.52 Å². The Balaban J connectivity index is 1.80. The summed E-state index contributed by atoms with van der Waals surface area (Å²) in [4.78, 5) is 18.7. The van der Waals surface area contributed by atoms with Crippen LogP contribution < -0.4 is 10.2 Å². The van der Waals surface area contributed by atoms with Gasteiger partial charge < -0.3 is 9.73 Å². The summed E-state index contributed by atoms with van der Waals surface area (Å²) < 4.78 is 5.75. The fraction of sp³-hybridized carbons (Fsp3) is 0.300. The van der Waals surface area contributed by atoms with Gasteiger partial charge in [-0.05, 0) is 42.2 Å². The van der Waals surface area contributed by atoms with E-state index < -0.39 is 0 Å². The van der Waals surface area contributed by atoms with Crippen LogP contribution in [0.4, 0.5) is 16.5 Å². The highest BCUT2D eigenvalue weighted by molar-refractivity contribution is 6.00. The van der Waals surface area contributed by atoms with E-state index in [4.69, 9.17) is 4.42 Å². The third kappa shape index (κ3) is 3.82. The summed E-state index contributed by atoms with van der Waals surface area (Å²) in [6.45, 7) is 6.83. The topological polar surface area (TPSA) is 58.4 Å². The summed E-state index contributed by atoms with van der Waals surface area (Å²) in [7, 11) is 0. The second-order valence-corrected chi connectivity index (χ2v) is 6.32. The number of benzene rings is 2. The SMILES string of the molecule is CCCN(C(=O)Nc1ccc(C(C)C)cc1)c1nc2ccccc2o1. The number of hydrogen-bond acceptors (Lipinski definition) is 3. The molecule has 0 fully saturated rings. The van der Waals surface area contributed by atoms with Crippen molar-refractivity contribution in [3.8, 4) is 0 Å². The fourth-order valence-corrected chi connectivity index (χ4v) is 2.63. The Labute approximate surface area is 147 Å². The first-order chi connectivity index (χ1) is 12.1. The molecule has 1 heterocycles. The number of oxazole rings is 1. The molecule has 5 heteroatoms. The van der Waals surface area contributed by atoms with Crippen molar-refractivity contribution in [3.63, 3.8) is 0 Å². The van der Waals surface area contributed by atoms with Gasteiger partial charge in [-0.1, -0.05) is 45.0 Å². The summed E-state index contributed by atoms with van der Waals surface area (Å²) in [5, 5.41) is 2.92. The van der Waals surface area contributed by atoms with E-state index in [1.165, 1.54) is 10.5 Å². The number of rotatable bonds is 5. The minimum Gasteiger partial charge on any atom is -0.423 e. The first kappa shape index (κ1) is 17.0. The third-order valence-electron chi connectivity index (χ3n) is 4.03. The van der Waals surface area contributed by atoms with Crippen LogP contribution in [0.2, 0.25) is 0 Å². The van der Waals surface area contributed by atoms with E-state index in [0.29, 0.717) is 24.1 Å². The Bertz CT molecular complexity index is 820. The van der Waals surface area contributed by atoms with E-state index in [1.54, 1.807) is 0 Å². The number of carbonyl (C=O) groups excluding carboxylic acids is 1. The number of anilines is 2. The lowest BCUT2D eigenvalue weighted by Gasteiger charge is -2.18. The first-order valence-corrected chi connectivity index (χ1v) is 8.62. The van der Waals surface area contributed by atoms with Crippen molar-refractivity contribution in [2.75, 3.05) is 16.8 Å². The normalized spacial score (nSPS) is 11.0. The van der Waals surface area contributed by atoms with Crippen LogP contribution in [0.3, 0.4) is 0 Å². The minimum absolute atomic E-state index is 0.245. The van der Waals surface area contributed by atoms with Crippen molar-refractivity contribution in [2.45, 2.75) is 33.1 Å². The van der Waals surface area contributed by atoms with E-state index in [9.17, 15) is 4.79 Å². The zero-order valence-corrected chi connectivity index (χ0v) is 14.8. The zero-order valence-electron chi connectivity index (χ0n) is 14.8. The fourth-order valence-electron chi connectivity index (χ4n) is 2.63. The monoisotopic (exact) mass is 337 g/mol. The number of carbonyl (C=O) groups is 1. The van der Waals surface area contributed by atoms with Gasteiger partial charge in [0, 0.05) is 12.2 Å². The van der Waals surface area contributed by atoms with Gasteiger partial charge in [-0.3, -0.25) is 0 Å². The molecule has 3 aromatic rings.